The van der Waals surface area contributed by atoms with E-state index in [2.05, 4.69) is 4.98 Å². The second-order valence-corrected chi connectivity index (χ2v) is 4.81. The SMILES string of the molecule is O=C(O)c1ccc([N+](=O)[O-])c(OC2CCCCCC2)n1. The number of carboxylic acids is 1. The molecule has 0 aliphatic heterocycles. The molecule has 108 valence electrons. The van der Waals surface area contributed by atoms with Crippen LogP contribution in [0.4, 0.5) is 5.69 Å². The van der Waals surface area contributed by atoms with E-state index in [1.807, 2.05) is 0 Å². The van der Waals surface area contributed by atoms with Gasteiger partial charge in [0.1, 0.15) is 6.10 Å². The second-order valence-electron chi connectivity index (χ2n) is 4.81. The first-order chi connectivity index (χ1) is 9.58. The van der Waals surface area contributed by atoms with Gasteiger partial charge in [-0.05, 0) is 31.7 Å². The van der Waals surface area contributed by atoms with Crippen molar-refractivity contribution < 1.29 is 19.6 Å². The molecule has 7 nitrogen and oxygen atoms in total. The van der Waals surface area contributed by atoms with E-state index in [-0.39, 0.29) is 23.4 Å². The van der Waals surface area contributed by atoms with Crippen LogP contribution < -0.4 is 4.74 Å². The van der Waals surface area contributed by atoms with Gasteiger partial charge in [0.2, 0.25) is 0 Å². The number of rotatable bonds is 4. The molecular formula is C13H16N2O5. The van der Waals surface area contributed by atoms with Crippen molar-refractivity contribution in [3.8, 4) is 5.88 Å². The van der Waals surface area contributed by atoms with Crippen LogP contribution in [0.15, 0.2) is 12.1 Å². The summed E-state index contributed by atoms with van der Waals surface area (Å²) in [6, 6.07) is 2.24. The largest absolute Gasteiger partial charge is 0.477 e. The minimum Gasteiger partial charge on any atom is -0.477 e. The Balaban J connectivity index is 2.24. The molecule has 1 aromatic heterocycles. The van der Waals surface area contributed by atoms with Crippen molar-refractivity contribution in [1.82, 2.24) is 4.98 Å². The fraction of sp³-hybridized carbons (Fsp3) is 0.538. The molecule has 1 N–H and O–H groups in total. The van der Waals surface area contributed by atoms with E-state index in [0.29, 0.717) is 0 Å². The maximum absolute atomic E-state index is 11.0. The quantitative estimate of drug-likeness (QED) is 0.516. The van der Waals surface area contributed by atoms with Crippen LogP contribution in [-0.2, 0) is 0 Å². The average Bonchev–Trinajstić information content (AvgIpc) is 2.67. The lowest BCUT2D eigenvalue weighted by molar-refractivity contribution is -0.386. The Morgan fingerprint density at radius 1 is 1.30 bits per heavy atom. The number of hydrogen-bond donors (Lipinski definition) is 1. The first-order valence-electron chi connectivity index (χ1n) is 6.63. The number of pyridine rings is 1. The van der Waals surface area contributed by atoms with Gasteiger partial charge in [-0.25, -0.2) is 9.78 Å². The molecule has 0 bridgehead atoms. The Morgan fingerprint density at radius 2 is 1.95 bits per heavy atom. The zero-order valence-corrected chi connectivity index (χ0v) is 10.9. The van der Waals surface area contributed by atoms with E-state index in [9.17, 15) is 14.9 Å². The molecule has 0 aromatic carbocycles. The number of carboxylic acid groups (broad SMARTS) is 1. The molecule has 0 amide bonds. The second kappa shape index (κ2) is 6.31. The van der Waals surface area contributed by atoms with Crippen molar-refractivity contribution in [3.63, 3.8) is 0 Å². The van der Waals surface area contributed by atoms with Crippen LogP contribution in [0.2, 0.25) is 0 Å². The van der Waals surface area contributed by atoms with Crippen molar-refractivity contribution in [1.29, 1.82) is 0 Å². The fourth-order valence-electron chi connectivity index (χ4n) is 2.30. The number of aromatic nitrogens is 1. The molecule has 1 aromatic rings. The Bertz CT molecular complexity index is 509. The van der Waals surface area contributed by atoms with E-state index in [0.717, 1.165) is 50.7 Å². The molecule has 0 radical (unpaired) electrons. The minimum absolute atomic E-state index is 0.132. The van der Waals surface area contributed by atoms with Crippen molar-refractivity contribution in [3.05, 3.63) is 27.9 Å². The van der Waals surface area contributed by atoms with Crippen LogP contribution in [0.1, 0.15) is 49.0 Å². The summed E-state index contributed by atoms with van der Waals surface area (Å²) in [6.45, 7) is 0. The highest BCUT2D eigenvalue weighted by Gasteiger charge is 2.23. The van der Waals surface area contributed by atoms with Gasteiger partial charge in [-0.2, -0.15) is 0 Å². The van der Waals surface area contributed by atoms with Crippen LogP contribution in [0, 0.1) is 10.1 Å². The highest BCUT2D eigenvalue weighted by molar-refractivity contribution is 5.85. The van der Waals surface area contributed by atoms with Crippen molar-refractivity contribution >= 4 is 11.7 Å². The number of aromatic carboxylic acids is 1. The maximum Gasteiger partial charge on any atom is 0.354 e. The smallest absolute Gasteiger partial charge is 0.354 e. The summed E-state index contributed by atoms with van der Waals surface area (Å²) < 4.78 is 5.60. The Kier molecular flexibility index (Phi) is 4.49. The number of nitrogens with zero attached hydrogens (tertiary/aromatic N) is 2. The topological polar surface area (TPSA) is 103 Å². The zero-order valence-electron chi connectivity index (χ0n) is 10.9. The normalized spacial score (nSPS) is 16.4. The van der Waals surface area contributed by atoms with Crippen molar-refractivity contribution in [2.24, 2.45) is 0 Å². The molecule has 1 heterocycles. The third kappa shape index (κ3) is 3.43. The maximum atomic E-state index is 11.0. The highest BCUT2D eigenvalue weighted by atomic mass is 16.6. The van der Waals surface area contributed by atoms with Gasteiger partial charge >= 0.3 is 11.7 Å². The number of ether oxygens (including phenoxy) is 1. The van der Waals surface area contributed by atoms with Gasteiger partial charge in [0.25, 0.3) is 5.88 Å². The van der Waals surface area contributed by atoms with Gasteiger partial charge in [0.15, 0.2) is 5.69 Å². The monoisotopic (exact) mass is 280 g/mol. The number of nitro groups is 1. The van der Waals surface area contributed by atoms with Crippen LogP contribution in [-0.4, -0.2) is 27.1 Å². The van der Waals surface area contributed by atoms with Gasteiger partial charge in [-0.1, -0.05) is 12.8 Å². The molecule has 1 aliphatic rings. The standard InChI is InChI=1S/C13H16N2O5/c16-13(17)10-7-8-11(15(18)19)12(14-10)20-9-5-3-1-2-4-6-9/h7-9H,1-6H2,(H,16,17). The predicted molar refractivity (Wildman–Crippen MR) is 70.0 cm³/mol. The average molecular weight is 280 g/mol. The Morgan fingerprint density at radius 3 is 2.50 bits per heavy atom. The molecule has 7 heteroatoms. The first kappa shape index (κ1) is 14.2. The predicted octanol–water partition coefficient (Wildman–Crippen LogP) is 2.79. The summed E-state index contributed by atoms with van der Waals surface area (Å²) in [5, 5.41) is 19.9. The summed E-state index contributed by atoms with van der Waals surface area (Å²) in [5.41, 5.74) is -0.543. The lowest BCUT2D eigenvalue weighted by Gasteiger charge is -2.16. The van der Waals surface area contributed by atoms with E-state index in [1.54, 1.807) is 0 Å². The third-order valence-corrected chi connectivity index (χ3v) is 3.34. The van der Waals surface area contributed by atoms with E-state index >= 15 is 0 Å². The van der Waals surface area contributed by atoms with Crippen LogP contribution in [0.3, 0.4) is 0 Å². The molecule has 0 atom stereocenters. The molecule has 2 rings (SSSR count). The highest BCUT2D eigenvalue weighted by Crippen LogP contribution is 2.29. The Labute approximate surface area is 115 Å². The minimum atomic E-state index is -1.23. The number of carbonyl (C=O) groups is 1. The molecule has 1 saturated carbocycles. The first-order valence-corrected chi connectivity index (χ1v) is 6.63. The molecule has 1 fully saturated rings. The third-order valence-electron chi connectivity index (χ3n) is 3.34. The molecular weight excluding hydrogens is 264 g/mol. The molecule has 0 unspecified atom stereocenters. The summed E-state index contributed by atoms with van der Waals surface area (Å²) in [7, 11) is 0. The van der Waals surface area contributed by atoms with Crippen LogP contribution in [0.5, 0.6) is 5.88 Å². The molecule has 1 aliphatic carbocycles. The van der Waals surface area contributed by atoms with E-state index < -0.39 is 10.9 Å². The van der Waals surface area contributed by atoms with Gasteiger partial charge < -0.3 is 9.84 Å². The lowest BCUT2D eigenvalue weighted by atomic mass is 10.1. The van der Waals surface area contributed by atoms with Gasteiger partial charge in [-0.15, -0.1) is 0 Å². The van der Waals surface area contributed by atoms with Gasteiger partial charge in [0.05, 0.1) is 4.92 Å². The summed E-state index contributed by atoms with van der Waals surface area (Å²) in [4.78, 5) is 25.0. The van der Waals surface area contributed by atoms with Crippen LogP contribution in [0.25, 0.3) is 0 Å². The summed E-state index contributed by atoms with van der Waals surface area (Å²) in [5.74, 6) is -1.42. The van der Waals surface area contributed by atoms with Gasteiger partial charge in [0, 0.05) is 6.07 Å². The summed E-state index contributed by atoms with van der Waals surface area (Å²) >= 11 is 0. The molecule has 0 spiro atoms. The molecule has 20 heavy (non-hydrogen) atoms. The molecule has 0 saturated heterocycles. The zero-order chi connectivity index (χ0) is 14.5. The Hall–Kier alpha value is -2.18. The van der Waals surface area contributed by atoms with E-state index in [1.165, 1.54) is 0 Å². The summed E-state index contributed by atoms with van der Waals surface area (Å²) in [6.07, 6.45) is 5.78. The van der Waals surface area contributed by atoms with Crippen molar-refractivity contribution in [2.45, 2.75) is 44.6 Å². The number of hydrogen-bond acceptors (Lipinski definition) is 5. The van der Waals surface area contributed by atoms with E-state index in [4.69, 9.17) is 9.84 Å². The van der Waals surface area contributed by atoms with Crippen molar-refractivity contribution in [2.75, 3.05) is 0 Å². The van der Waals surface area contributed by atoms with Crippen LogP contribution >= 0.6 is 0 Å². The lowest BCUT2D eigenvalue weighted by Crippen LogP contribution is -2.17. The fourth-order valence-corrected chi connectivity index (χ4v) is 2.30. The van der Waals surface area contributed by atoms with Gasteiger partial charge in [-0.3, -0.25) is 10.1 Å².